The highest BCUT2D eigenvalue weighted by atomic mass is 14.8. The molecule has 0 fully saturated rings. The van der Waals surface area contributed by atoms with Crippen LogP contribution in [0.3, 0.4) is 0 Å². The van der Waals surface area contributed by atoms with Gasteiger partial charge in [0.05, 0.1) is 11.4 Å². The minimum absolute atomic E-state index is 0.574. The molecule has 0 bridgehead atoms. The molecule has 2 aromatic rings. The molecule has 82 valence electrons. The zero-order valence-electron chi connectivity index (χ0n) is 9.72. The zero-order valence-corrected chi connectivity index (χ0v) is 9.72. The molecule has 0 radical (unpaired) electrons. The minimum Gasteiger partial charge on any atom is -0.255 e. The molecule has 0 aliphatic heterocycles. The van der Waals surface area contributed by atoms with Crippen LogP contribution in [0, 0.1) is 0 Å². The first-order valence-electron chi connectivity index (χ1n) is 5.68. The Bertz CT molecular complexity index is 434. The fraction of sp³-hybridized carbons (Fsp3) is 0.286. The van der Waals surface area contributed by atoms with Crippen molar-refractivity contribution in [2.75, 3.05) is 0 Å². The second kappa shape index (κ2) is 4.88. The van der Waals surface area contributed by atoms with Crippen molar-refractivity contribution in [3.8, 4) is 11.4 Å². The van der Waals surface area contributed by atoms with E-state index in [0.717, 1.165) is 17.8 Å². The number of hydrogen-bond donors (Lipinski definition) is 0. The van der Waals surface area contributed by atoms with Crippen LogP contribution in [0.4, 0.5) is 0 Å². The minimum atomic E-state index is 0.574. The van der Waals surface area contributed by atoms with Crippen molar-refractivity contribution in [3.05, 3.63) is 48.3 Å². The van der Waals surface area contributed by atoms with E-state index < -0.39 is 0 Å². The van der Waals surface area contributed by atoms with E-state index in [4.69, 9.17) is 0 Å². The van der Waals surface area contributed by atoms with Gasteiger partial charge in [0.1, 0.15) is 0 Å². The lowest BCUT2D eigenvalue weighted by Crippen LogP contribution is -1.93. The molecule has 1 atom stereocenters. The van der Waals surface area contributed by atoms with Gasteiger partial charge in [-0.2, -0.15) is 0 Å². The molecule has 2 heteroatoms. The second-order valence-corrected chi connectivity index (χ2v) is 4.00. The van der Waals surface area contributed by atoms with Crippen LogP contribution in [-0.4, -0.2) is 9.97 Å². The maximum atomic E-state index is 4.46. The van der Waals surface area contributed by atoms with Crippen molar-refractivity contribution < 1.29 is 0 Å². The summed E-state index contributed by atoms with van der Waals surface area (Å²) in [6.45, 7) is 4.41. The normalized spacial score (nSPS) is 12.4. The number of rotatable bonds is 3. The Labute approximate surface area is 96.4 Å². The molecule has 2 rings (SSSR count). The third kappa shape index (κ3) is 2.27. The van der Waals surface area contributed by atoms with Crippen molar-refractivity contribution in [2.24, 2.45) is 0 Å². The van der Waals surface area contributed by atoms with Gasteiger partial charge in [0.15, 0.2) is 0 Å². The Morgan fingerprint density at radius 2 is 1.88 bits per heavy atom. The van der Waals surface area contributed by atoms with Crippen molar-refractivity contribution in [2.45, 2.75) is 26.2 Å². The average molecular weight is 212 g/mol. The number of aromatic nitrogens is 2. The van der Waals surface area contributed by atoms with Crippen LogP contribution in [0.15, 0.2) is 42.7 Å². The molecular weight excluding hydrogens is 196 g/mol. The Kier molecular flexibility index (Phi) is 3.30. The summed E-state index contributed by atoms with van der Waals surface area (Å²) in [6.07, 6.45) is 4.89. The lowest BCUT2D eigenvalue weighted by molar-refractivity contribution is 0.730. The van der Waals surface area contributed by atoms with E-state index in [9.17, 15) is 0 Å². The van der Waals surface area contributed by atoms with Gasteiger partial charge >= 0.3 is 0 Å². The van der Waals surface area contributed by atoms with Crippen LogP contribution in [0.1, 0.15) is 31.7 Å². The summed E-state index contributed by atoms with van der Waals surface area (Å²) in [5.74, 6) is 0.574. The third-order valence-electron chi connectivity index (χ3n) is 2.90. The average Bonchev–Trinajstić information content (AvgIpc) is 2.39. The first-order chi connectivity index (χ1) is 7.81. The molecule has 16 heavy (non-hydrogen) atoms. The fourth-order valence-corrected chi connectivity index (χ4v) is 1.60. The monoisotopic (exact) mass is 212 g/mol. The quantitative estimate of drug-likeness (QED) is 0.776. The molecule has 0 aromatic carbocycles. The highest BCUT2D eigenvalue weighted by Gasteiger charge is 2.04. The number of hydrogen-bond acceptors (Lipinski definition) is 2. The molecule has 2 aromatic heterocycles. The van der Waals surface area contributed by atoms with Crippen LogP contribution in [0.2, 0.25) is 0 Å². The van der Waals surface area contributed by atoms with E-state index in [-0.39, 0.29) is 0 Å². The summed E-state index contributed by atoms with van der Waals surface area (Å²) in [5, 5.41) is 0. The molecule has 0 aliphatic rings. The molecule has 2 nitrogen and oxygen atoms in total. The maximum Gasteiger partial charge on any atom is 0.0886 e. The van der Waals surface area contributed by atoms with Crippen molar-refractivity contribution >= 4 is 0 Å². The highest BCUT2D eigenvalue weighted by Crippen LogP contribution is 2.20. The largest absolute Gasteiger partial charge is 0.255 e. The Hall–Kier alpha value is -1.70. The first-order valence-corrected chi connectivity index (χ1v) is 5.68. The molecular formula is C14H16N2. The van der Waals surface area contributed by atoms with E-state index in [1.54, 1.807) is 6.20 Å². The smallest absolute Gasteiger partial charge is 0.0886 e. The van der Waals surface area contributed by atoms with Crippen LogP contribution in [-0.2, 0) is 0 Å². The predicted octanol–water partition coefficient (Wildman–Crippen LogP) is 3.66. The van der Waals surface area contributed by atoms with Crippen LogP contribution < -0.4 is 0 Å². The SMILES string of the molecule is CC[C@H](C)c1ccc(-c2ccccn2)nc1. The summed E-state index contributed by atoms with van der Waals surface area (Å²) in [6, 6.07) is 10.1. The Balaban J connectivity index is 2.26. The van der Waals surface area contributed by atoms with Crippen molar-refractivity contribution in [1.82, 2.24) is 9.97 Å². The van der Waals surface area contributed by atoms with Gasteiger partial charge in [0, 0.05) is 12.4 Å². The van der Waals surface area contributed by atoms with Gasteiger partial charge in [-0.3, -0.25) is 9.97 Å². The fourth-order valence-electron chi connectivity index (χ4n) is 1.60. The predicted molar refractivity (Wildman–Crippen MR) is 66.2 cm³/mol. The first kappa shape index (κ1) is 10.8. The van der Waals surface area contributed by atoms with Gasteiger partial charge in [0.25, 0.3) is 0 Å². The van der Waals surface area contributed by atoms with E-state index in [0.29, 0.717) is 5.92 Å². The molecule has 0 saturated carbocycles. The lowest BCUT2D eigenvalue weighted by atomic mass is 10.0. The van der Waals surface area contributed by atoms with Crippen LogP contribution >= 0.6 is 0 Å². The molecule has 0 aliphatic carbocycles. The Morgan fingerprint density at radius 1 is 1.06 bits per heavy atom. The zero-order chi connectivity index (χ0) is 11.4. The highest BCUT2D eigenvalue weighted by molar-refractivity contribution is 5.53. The van der Waals surface area contributed by atoms with Gasteiger partial charge in [-0.1, -0.05) is 26.0 Å². The molecule has 0 unspecified atom stereocenters. The van der Waals surface area contributed by atoms with Gasteiger partial charge < -0.3 is 0 Å². The van der Waals surface area contributed by atoms with Crippen molar-refractivity contribution in [1.29, 1.82) is 0 Å². The lowest BCUT2D eigenvalue weighted by Gasteiger charge is -2.08. The summed E-state index contributed by atoms with van der Waals surface area (Å²) in [5.41, 5.74) is 3.16. The number of nitrogens with zero attached hydrogens (tertiary/aromatic N) is 2. The van der Waals surface area contributed by atoms with E-state index in [1.165, 1.54) is 5.56 Å². The summed E-state index contributed by atoms with van der Waals surface area (Å²) in [7, 11) is 0. The van der Waals surface area contributed by atoms with Gasteiger partial charge in [-0.05, 0) is 36.1 Å². The molecule has 0 amide bonds. The topological polar surface area (TPSA) is 25.8 Å². The standard InChI is InChI=1S/C14H16N2/c1-3-11(2)12-7-8-14(16-10-12)13-6-4-5-9-15-13/h4-11H,3H2,1-2H3/t11-/m0/s1. The molecule has 0 saturated heterocycles. The molecule has 0 spiro atoms. The van der Waals surface area contributed by atoms with Gasteiger partial charge in [0.2, 0.25) is 0 Å². The van der Waals surface area contributed by atoms with E-state index >= 15 is 0 Å². The molecule has 2 heterocycles. The summed E-state index contributed by atoms with van der Waals surface area (Å²) in [4.78, 5) is 8.74. The van der Waals surface area contributed by atoms with Gasteiger partial charge in [-0.25, -0.2) is 0 Å². The number of pyridine rings is 2. The maximum absolute atomic E-state index is 4.46. The van der Waals surface area contributed by atoms with E-state index in [1.807, 2.05) is 30.5 Å². The van der Waals surface area contributed by atoms with E-state index in [2.05, 4.69) is 29.9 Å². The van der Waals surface area contributed by atoms with Crippen LogP contribution in [0.25, 0.3) is 11.4 Å². The third-order valence-corrected chi connectivity index (χ3v) is 2.90. The van der Waals surface area contributed by atoms with Gasteiger partial charge in [-0.15, -0.1) is 0 Å². The summed E-state index contributed by atoms with van der Waals surface area (Å²) < 4.78 is 0. The summed E-state index contributed by atoms with van der Waals surface area (Å²) >= 11 is 0. The van der Waals surface area contributed by atoms with Crippen LogP contribution in [0.5, 0.6) is 0 Å². The van der Waals surface area contributed by atoms with Crippen molar-refractivity contribution in [3.63, 3.8) is 0 Å². The second-order valence-electron chi connectivity index (χ2n) is 4.00. The molecule has 0 N–H and O–H groups in total. The Morgan fingerprint density at radius 3 is 2.44 bits per heavy atom.